The van der Waals surface area contributed by atoms with Gasteiger partial charge < -0.3 is 25.1 Å². The Kier molecular flexibility index (Phi) is 7.34. The second-order valence-electron chi connectivity index (χ2n) is 9.60. The number of anilines is 3. The second-order valence-corrected chi connectivity index (χ2v) is 9.60. The number of carboxylic acid groups (broad SMARTS) is 1. The Balaban J connectivity index is 0.00000294. The first-order valence-corrected chi connectivity index (χ1v) is 12.5. The number of piperazine rings is 1. The van der Waals surface area contributed by atoms with Crippen LogP contribution < -0.4 is 15.5 Å². The third kappa shape index (κ3) is 5.22. The van der Waals surface area contributed by atoms with Crippen LogP contribution in [0.3, 0.4) is 0 Å². The lowest BCUT2D eigenvalue weighted by Gasteiger charge is -2.40. The molecule has 0 unspecified atom stereocenters. The first-order valence-electron chi connectivity index (χ1n) is 12.5. The van der Waals surface area contributed by atoms with E-state index < -0.39 is 5.97 Å². The van der Waals surface area contributed by atoms with E-state index in [0.29, 0.717) is 34.8 Å². The number of fused-ring (bicyclic) bond motifs is 1. The standard InChI is InChI=1S/C25H29N9O3.ClH/c26-23-28-24(29-25-27-21(30-34(23)25)20-7-3-13-37-20)33-8-2-4-17(16-33)15-31-9-11-32(12-10-31)19-6-1-5-18(14-19)22(35)36;/h1,3,5-7,13-14,17H,2,4,8-12,15-16H2,(H,35,36)(H2,26,27,28,29,30);1H/t17-;/m0./s1. The van der Waals surface area contributed by atoms with Crippen LogP contribution in [0.5, 0.6) is 0 Å². The Labute approximate surface area is 225 Å². The zero-order chi connectivity index (χ0) is 25.4. The average molecular weight is 540 g/mol. The summed E-state index contributed by atoms with van der Waals surface area (Å²) in [5.74, 6) is 1.81. The SMILES string of the molecule is Cl.Nc1nc(N2CCC[C@@H](CN3CCN(c4cccc(C(=O)O)c4)CC3)C2)nc2nc(-c3ccco3)nn12. The molecule has 0 spiro atoms. The maximum absolute atomic E-state index is 11.3. The molecule has 2 aliphatic rings. The number of hydrogen-bond donors (Lipinski definition) is 2. The highest BCUT2D eigenvalue weighted by atomic mass is 35.5. The van der Waals surface area contributed by atoms with Crippen LogP contribution in [0, 0.1) is 5.92 Å². The number of aromatic carboxylic acids is 1. The molecule has 2 fully saturated rings. The number of piperidine rings is 1. The van der Waals surface area contributed by atoms with E-state index in [1.54, 1.807) is 30.5 Å². The van der Waals surface area contributed by atoms with Crippen molar-refractivity contribution in [2.24, 2.45) is 5.92 Å². The van der Waals surface area contributed by atoms with Gasteiger partial charge in [0.25, 0.3) is 5.78 Å². The number of nitrogen functional groups attached to an aromatic ring is 1. The number of nitrogens with two attached hydrogens (primary N) is 1. The molecule has 1 atom stereocenters. The van der Waals surface area contributed by atoms with Crippen LogP contribution in [-0.2, 0) is 0 Å². The van der Waals surface area contributed by atoms with Crippen molar-refractivity contribution in [2.75, 3.05) is 61.3 Å². The van der Waals surface area contributed by atoms with E-state index in [-0.39, 0.29) is 18.4 Å². The first kappa shape index (κ1) is 25.7. The molecule has 6 rings (SSSR count). The molecule has 0 bridgehead atoms. The molecule has 13 heteroatoms. The summed E-state index contributed by atoms with van der Waals surface area (Å²) in [5.41, 5.74) is 7.50. The molecule has 0 radical (unpaired) electrons. The van der Waals surface area contributed by atoms with Crippen molar-refractivity contribution < 1.29 is 14.3 Å². The van der Waals surface area contributed by atoms with Gasteiger partial charge in [-0.3, -0.25) is 4.90 Å². The van der Waals surface area contributed by atoms with Crippen molar-refractivity contribution in [2.45, 2.75) is 12.8 Å². The summed E-state index contributed by atoms with van der Waals surface area (Å²) in [6.07, 6.45) is 3.79. The summed E-state index contributed by atoms with van der Waals surface area (Å²) < 4.78 is 6.84. The minimum atomic E-state index is -0.894. The highest BCUT2D eigenvalue weighted by Gasteiger charge is 2.27. The van der Waals surface area contributed by atoms with E-state index in [9.17, 15) is 9.90 Å². The minimum absolute atomic E-state index is 0. The number of benzene rings is 1. The average Bonchev–Trinajstić information content (AvgIpc) is 3.60. The summed E-state index contributed by atoms with van der Waals surface area (Å²) >= 11 is 0. The normalized spacial score (nSPS) is 18.5. The second kappa shape index (κ2) is 10.8. The van der Waals surface area contributed by atoms with Crippen molar-refractivity contribution in [3.05, 3.63) is 48.2 Å². The predicted octanol–water partition coefficient (Wildman–Crippen LogP) is 2.52. The molecule has 38 heavy (non-hydrogen) atoms. The predicted molar refractivity (Wildman–Crippen MR) is 145 cm³/mol. The molecule has 1 aromatic carbocycles. The molecule has 0 saturated carbocycles. The van der Waals surface area contributed by atoms with Crippen LogP contribution in [0.4, 0.5) is 17.6 Å². The number of carboxylic acids is 1. The Morgan fingerprint density at radius 3 is 2.66 bits per heavy atom. The smallest absolute Gasteiger partial charge is 0.335 e. The first-order chi connectivity index (χ1) is 18.0. The number of halogens is 1. The summed E-state index contributed by atoms with van der Waals surface area (Å²) in [7, 11) is 0. The number of aromatic nitrogens is 5. The van der Waals surface area contributed by atoms with Crippen molar-refractivity contribution in [1.82, 2.24) is 29.5 Å². The van der Waals surface area contributed by atoms with Gasteiger partial charge in [0.2, 0.25) is 17.7 Å². The van der Waals surface area contributed by atoms with Gasteiger partial charge in [-0.2, -0.15) is 19.5 Å². The van der Waals surface area contributed by atoms with Crippen molar-refractivity contribution in [3.63, 3.8) is 0 Å². The van der Waals surface area contributed by atoms with Gasteiger partial charge >= 0.3 is 5.97 Å². The van der Waals surface area contributed by atoms with E-state index >= 15 is 0 Å². The van der Waals surface area contributed by atoms with Crippen LogP contribution in [-0.4, -0.2) is 86.4 Å². The van der Waals surface area contributed by atoms with Crippen LogP contribution >= 0.6 is 12.4 Å². The molecule has 0 aliphatic carbocycles. The topological polar surface area (TPSA) is 142 Å². The van der Waals surface area contributed by atoms with Gasteiger partial charge in [-0.25, -0.2) is 4.79 Å². The maximum atomic E-state index is 11.3. The Morgan fingerprint density at radius 2 is 1.89 bits per heavy atom. The molecule has 3 N–H and O–H groups in total. The van der Waals surface area contributed by atoms with Gasteiger partial charge in [0.05, 0.1) is 11.8 Å². The van der Waals surface area contributed by atoms with Crippen LogP contribution in [0.25, 0.3) is 17.4 Å². The molecule has 3 aromatic heterocycles. The van der Waals surface area contributed by atoms with E-state index in [2.05, 4.69) is 34.8 Å². The molecule has 0 amide bonds. The van der Waals surface area contributed by atoms with Gasteiger partial charge in [0, 0.05) is 51.5 Å². The lowest BCUT2D eigenvalue weighted by atomic mass is 9.97. The van der Waals surface area contributed by atoms with E-state index in [4.69, 9.17) is 10.2 Å². The number of hydrogen-bond acceptors (Lipinski definition) is 10. The fraction of sp³-hybridized carbons (Fsp3) is 0.400. The zero-order valence-electron chi connectivity index (χ0n) is 20.8. The lowest BCUT2D eigenvalue weighted by molar-refractivity contribution is 0.0697. The third-order valence-electron chi connectivity index (χ3n) is 7.11. The van der Waals surface area contributed by atoms with E-state index in [0.717, 1.165) is 64.3 Å². The summed E-state index contributed by atoms with van der Waals surface area (Å²) in [5, 5.41) is 13.7. The fourth-order valence-corrected chi connectivity index (χ4v) is 5.23. The molecule has 200 valence electrons. The molecule has 4 aromatic rings. The number of rotatable bonds is 6. The highest BCUT2D eigenvalue weighted by molar-refractivity contribution is 5.88. The van der Waals surface area contributed by atoms with Crippen molar-refractivity contribution >= 4 is 41.7 Å². The number of carbonyl (C=O) groups is 1. The summed E-state index contributed by atoms with van der Waals surface area (Å²) in [4.78, 5) is 31.9. The van der Waals surface area contributed by atoms with Crippen molar-refractivity contribution in [3.8, 4) is 11.6 Å². The van der Waals surface area contributed by atoms with E-state index in [1.165, 1.54) is 4.52 Å². The van der Waals surface area contributed by atoms with Crippen LogP contribution in [0.1, 0.15) is 23.2 Å². The summed E-state index contributed by atoms with van der Waals surface area (Å²) in [6, 6.07) is 10.8. The summed E-state index contributed by atoms with van der Waals surface area (Å²) in [6.45, 7) is 6.37. The largest absolute Gasteiger partial charge is 0.478 e. The van der Waals surface area contributed by atoms with Gasteiger partial charge in [-0.15, -0.1) is 17.5 Å². The number of nitrogens with zero attached hydrogens (tertiary/aromatic N) is 8. The van der Waals surface area contributed by atoms with Gasteiger partial charge in [0.15, 0.2) is 5.76 Å². The third-order valence-corrected chi connectivity index (χ3v) is 7.11. The fourth-order valence-electron chi connectivity index (χ4n) is 5.23. The molecular formula is C25H30ClN9O3. The molecule has 5 heterocycles. The Bertz CT molecular complexity index is 1400. The van der Waals surface area contributed by atoms with Crippen molar-refractivity contribution in [1.29, 1.82) is 0 Å². The maximum Gasteiger partial charge on any atom is 0.335 e. The van der Waals surface area contributed by atoms with Crippen LogP contribution in [0.2, 0.25) is 0 Å². The molecule has 2 aliphatic heterocycles. The van der Waals surface area contributed by atoms with E-state index in [1.807, 2.05) is 12.1 Å². The van der Waals surface area contributed by atoms with Gasteiger partial charge in [-0.1, -0.05) is 6.07 Å². The highest BCUT2D eigenvalue weighted by Crippen LogP contribution is 2.25. The van der Waals surface area contributed by atoms with Crippen LogP contribution in [0.15, 0.2) is 47.1 Å². The van der Waals surface area contributed by atoms with Gasteiger partial charge in [-0.05, 0) is 49.1 Å². The van der Waals surface area contributed by atoms with Gasteiger partial charge in [0.1, 0.15) is 0 Å². The Hall–Kier alpha value is -3.90. The molecular weight excluding hydrogens is 510 g/mol. The quantitative estimate of drug-likeness (QED) is 0.373. The minimum Gasteiger partial charge on any atom is -0.478 e. The number of furan rings is 1. The zero-order valence-corrected chi connectivity index (χ0v) is 21.6. The Morgan fingerprint density at radius 1 is 1.05 bits per heavy atom. The molecule has 2 saturated heterocycles. The lowest BCUT2D eigenvalue weighted by Crippen LogP contribution is -2.49. The monoisotopic (exact) mass is 539 g/mol. The molecule has 12 nitrogen and oxygen atoms in total.